The van der Waals surface area contributed by atoms with Gasteiger partial charge in [-0.3, -0.25) is 0 Å². The summed E-state index contributed by atoms with van der Waals surface area (Å²) in [6.45, 7) is 2.45. The van der Waals surface area contributed by atoms with E-state index in [1.54, 1.807) is 7.11 Å². The summed E-state index contributed by atoms with van der Waals surface area (Å²) < 4.78 is 10.7. The molecule has 1 atom stereocenters. The molecule has 1 aromatic rings. The van der Waals surface area contributed by atoms with Gasteiger partial charge in [0.2, 0.25) is 0 Å². The zero-order chi connectivity index (χ0) is 10.7. The standard InChI is InChI=1S/C11H14ClNO2/c1-14-8-2-3-9(10(12)6-8)11-7-13-4-5-15-11/h2-3,6,11,13H,4-5,7H2,1H3. The number of morpholine rings is 1. The first-order valence-electron chi connectivity index (χ1n) is 4.97. The predicted molar refractivity (Wildman–Crippen MR) is 59.6 cm³/mol. The van der Waals surface area contributed by atoms with E-state index in [1.165, 1.54) is 0 Å². The maximum Gasteiger partial charge on any atom is 0.120 e. The van der Waals surface area contributed by atoms with Gasteiger partial charge >= 0.3 is 0 Å². The molecule has 1 aliphatic rings. The molecule has 15 heavy (non-hydrogen) atoms. The van der Waals surface area contributed by atoms with E-state index < -0.39 is 0 Å². The maximum atomic E-state index is 6.15. The molecule has 0 bridgehead atoms. The van der Waals surface area contributed by atoms with Crippen LogP contribution in [0.4, 0.5) is 0 Å². The molecule has 1 unspecified atom stereocenters. The molecular formula is C11H14ClNO2. The van der Waals surface area contributed by atoms with Crippen LogP contribution >= 0.6 is 11.6 Å². The van der Waals surface area contributed by atoms with Crippen LogP contribution in [-0.4, -0.2) is 26.8 Å². The second-order valence-electron chi connectivity index (χ2n) is 3.45. The lowest BCUT2D eigenvalue weighted by molar-refractivity contribution is 0.0277. The Morgan fingerprint density at radius 1 is 1.53 bits per heavy atom. The molecule has 1 aliphatic heterocycles. The van der Waals surface area contributed by atoms with Crippen molar-refractivity contribution in [3.63, 3.8) is 0 Å². The topological polar surface area (TPSA) is 30.5 Å². The first-order valence-corrected chi connectivity index (χ1v) is 5.35. The first-order chi connectivity index (χ1) is 7.31. The molecule has 4 heteroatoms. The van der Waals surface area contributed by atoms with Gasteiger partial charge in [-0.25, -0.2) is 0 Å². The summed E-state index contributed by atoms with van der Waals surface area (Å²) in [5.74, 6) is 0.771. The molecule has 0 amide bonds. The number of halogens is 1. The smallest absolute Gasteiger partial charge is 0.120 e. The highest BCUT2D eigenvalue weighted by molar-refractivity contribution is 6.31. The van der Waals surface area contributed by atoms with E-state index >= 15 is 0 Å². The van der Waals surface area contributed by atoms with Crippen molar-refractivity contribution in [3.8, 4) is 5.75 Å². The van der Waals surface area contributed by atoms with E-state index in [0.29, 0.717) is 5.02 Å². The van der Waals surface area contributed by atoms with Gasteiger partial charge < -0.3 is 14.8 Å². The van der Waals surface area contributed by atoms with E-state index in [9.17, 15) is 0 Å². The summed E-state index contributed by atoms with van der Waals surface area (Å²) in [6.07, 6.45) is 0.0529. The summed E-state index contributed by atoms with van der Waals surface area (Å²) in [7, 11) is 1.63. The van der Waals surface area contributed by atoms with Gasteiger partial charge in [0.1, 0.15) is 5.75 Å². The van der Waals surface area contributed by atoms with Gasteiger partial charge in [0.05, 0.1) is 24.8 Å². The number of methoxy groups -OCH3 is 1. The Morgan fingerprint density at radius 3 is 3.00 bits per heavy atom. The van der Waals surface area contributed by atoms with Crippen LogP contribution in [0.1, 0.15) is 11.7 Å². The molecule has 0 spiro atoms. The Labute approximate surface area is 94.3 Å². The van der Waals surface area contributed by atoms with Gasteiger partial charge in [0.15, 0.2) is 0 Å². The number of benzene rings is 1. The van der Waals surface area contributed by atoms with Crippen molar-refractivity contribution < 1.29 is 9.47 Å². The molecule has 1 aromatic carbocycles. The molecular weight excluding hydrogens is 214 g/mol. The summed E-state index contributed by atoms with van der Waals surface area (Å²) in [6, 6.07) is 5.67. The molecule has 1 N–H and O–H groups in total. The molecule has 3 nitrogen and oxygen atoms in total. The van der Waals surface area contributed by atoms with Gasteiger partial charge in [-0.05, 0) is 12.1 Å². The minimum absolute atomic E-state index is 0.0529. The summed E-state index contributed by atoms with van der Waals surface area (Å²) >= 11 is 6.15. The van der Waals surface area contributed by atoms with Crippen LogP contribution < -0.4 is 10.1 Å². The van der Waals surface area contributed by atoms with E-state index in [4.69, 9.17) is 21.1 Å². The van der Waals surface area contributed by atoms with Crippen molar-refractivity contribution in [1.82, 2.24) is 5.32 Å². The molecule has 0 radical (unpaired) electrons. The minimum Gasteiger partial charge on any atom is -0.497 e. The van der Waals surface area contributed by atoms with Crippen LogP contribution in [0.3, 0.4) is 0 Å². The lowest BCUT2D eigenvalue weighted by atomic mass is 10.1. The molecule has 1 heterocycles. The van der Waals surface area contributed by atoms with Gasteiger partial charge in [-0.2, -0.15) is 0 Å². The highest BCUT2D eigenvalue weighted by atomic mass is 35.5. The average molecular weight is 228 g/mol. The molecule has 0 aromatic heterocycles. The van der Waals surface area contributed by atoms with Crippen molar-refractivity contribution >= 4 is 11.6 Å². The van der Waals surface area contributed by atoms with Crippen LogP contribution in [0.15, 0.2) is 18.2 Å². The lowest BCUT2D eigenvalue weighted by Gasteiger charge is -2.24. The van der Waals surface area contributed by atoms with Gasteiger partial charge in [0.25, 0.3) is 0 Å². The third-order valence-corrected chi connectivity index (χ3v) is 2.81. The second kappa shape index (κ2) is 4.84. The predicted octanol–water partition coefficient (Wildman–Crippen LogP) is 2.01. The SMILES string of the molecule is COc1ccc(C2CNCCO2)c(Cl)c1. The highest BCUT2D eigenvalue weighted by Gasteiger charge is 2.18. The van der Waals surface area contributed by atoms with Gasteiger partial charge in [0, 0.05) is 18.7 Å². The van der Waals surface area contributed by atoms with Crippen molar-refractivity contribution in [1.29, 1.82) is 0 Å². The van der Waals surface area contributed by atoms with E-state index in [0.717, 1.165) is 31.0 Å². The molecule has 82 valence electrons. The van der Waals surface area contributed by atoms with E-state index in [1.807, 2.05) is 18.2 Å². The Bertz CT molecular complexity index is 337. The second-order valence-corrected chi connectivity index (χ2v) is 3.86. The zero-order valence-corrected chi connectivity index (χ0v) is 9.38. The average Bonchev–Trinajstić information content (AvgIpc) is 2.30. The summed E-state index contributed by atoms with van der Waals surface area (Å²) in [5.41, 5.74) is 1.02. The fourth-order valence-electron chi connectivity index (χ4n) is 1.66. The van der Waals surface area contributed by atoms with Crippen LogP contribution in [0.2, 0.25) is 5.02 Å². The third kappa shape index (κ3) is 2.43. The van der Waals surface area contributed by atoms with E-state index in [-0.39, 0.29) is 6.10 Å². The first kappa shape index (κ1) is 10.7. The van der Waals surface area contributed by atoms with Crippen molar-refractivity contribution in [2.75, 3.05) is 26.8 Å². The molecule has 1 saturated heterocycles. The number of hydrogen-bond donors (Lipinski definition) is 1. The van der Waals surface area contributed by atoms with Crippen molar-refractivity contribution in [2.24, 2.45) is 0 Å². The van der Waals surface area contributed by atoms with Crippen LogP contribution in [0.5, 0.6) is 5.75 Å². The van der Waals surface area contributed by atoms with Gasteiger partial charge in [-0.1, -0.05) is 17.7 Å². The normalized spacial score (nSPS) is 21.3. The molecule has 0 aliphatic carbocycles. The minimum atomic E-state index is 0.0529. The van der Waals surface area contributed by atoms with Gasteiger partial charge in [-0.15, -0.1) is 0 Å². The number of hydrogen-bond acceptors (Lipinski definition) is 3. The number of ether oxygens (including phenoxy) is 2. The maximum absolute atomic E-state index is 6.15. The Kier molecular flexibility index (Phi) is 3.46. The van der Waals surface area contributed by atoms with Crippen LogP contribution in [0.25, 0.3) is 0 Å². The molecule has 1 fully saturated rings. The number of nitrogens with one attached hydrogen (secondary N) is 1. The quantitative estimate of drug-likeness (QED) is 0.839. The monoisotopic (exact) mass is 227 g/mol. The molecule has 0 saturated carbocycles. The highest BCUT2D eigenvalue weighted by Crippen LogP contribution is 2.29. The Hall–Kier alpha value is -0.770. The molecule has 2 rings (SSSR count). The zero-order valence-electron chi connectivity index (χ0n) is 8.63. The van der Waals surface area contributed by atoms with Crippen LogP contribution in [0, 0.1) is 0 Å². The largest absolute Gasteiger partial charge is 0.497 e. The van der Waals surface area contributed by atoms with Crippen molar-refractivity contribution in [2.45, 2.75) is 6.10 Å². The van der Waals surface area contributed by atoms with E-state index in [2.05, 4.69) is 5.32 Å². The summed E-state index contributed by atoms with van der Waals surface area (Å²) in [5, 5.41) is 3.97. The number of rotatable bonds is 2. The summed E-state index contributed by atoms with van der Waals surface area (Å²) in [4.78, 5) is 0. The van der Waals surface area contributed by atoms with Crippen LogP contribution in [-0.2, 0) is 4.74 Å². The Morgan fingerprint density at radius 2 is 2.40 bits per heavy atom. The third-order valence-electron chi connectivity index (χ3n) is 2.48. The van der Waals surface area contributed by atoms with Crippen molar-refractivity contribution in [3.05, 3.63) is 28.8 Å². The fraction of sp³-hybridized carbons (Fsp3) is 0.455. The lowest BCUT2D eigenvalue weighted by Crippen LogP contribution is -2.33. The fourth-order valence-corrected chi connectivity index (χ4v) is 1.95. The Balaban J connectivity index is 2.19.